The van der Waals surface area contributed by atoms with Crippen LogP contribution in [0.4, 0.5) is 0 Å². The molecule has 1 aromatic carbocycles. The van der Waals surface area contributed by atoms with Crippen molar-refractivity contribution in [3.63, 3.8) is 0 Å². The van der Waals surface area contributed by atoms with Crippen LogP contribution in [0.5, 0.6) is 0 Å². The molecule has 0 saturated heterocycles. The van der Waals surface area contributed by atoms with E-state index in [1.165, 1.54) is 6.07 Å². The van der Waals surface area contributed by atoms with Crippen LogP contribution in [0.3, 0.4) is 0 Å². The summed E-state index contributed by atoms with van der Waals surface area (Å²) in [7, 11) is 0. The molecule has 6 nitrogen and oxygen atoms in total. The van der Waals surface area contributed by atoms with Crippen LogP contribution in [0.1, 0.15) is 37.0 Å². The third kappa shape index (κ3) is 3.42. The maximum absolute atomic E-state index is 11.1. The molecule has 0 saturated carbocycles. The summed E-state index contributed by atoms with van der Waals surface area (Å²) >= 11 is 0. The molecular formula is C14H16N2O4. The predicted molar refractivity (Wildman–Crippen MR) is 71.2 cm³/mol. The summed E-state index contributed by atoms with van der Waals surface area (Å²) < 4.78 is 11.0. The zero-order valence-corrected chi connectivity index (χ0v) is 11.6. The summed E-state index contributed by atoms with van der Waals surface area (Å²) in [5, 5.41) is 16.9. The molecule has 0 fully saturated rings. The number of aromatic nitrogens is 2. The van der Waals surface area contributed by atoms with Crippen LogP contribution in [0.2, 0.25) is 0 Å². The number of hydrogen-bond acceptors (Lipinski definition) is 5. The van der Waals surface area contributed by atoms with Crippen molar-refractivity contribution >= 4 is 5.97 Å². The van der Waals surface area contributed by atoms with Crippen LogP contribution >= 0.6 is 0 Å². The molecule has 2 rings (SSSR count). The molecule has 1 aromatic heterocycles. The van der Waals surface area contributed by atoms with Gasteiger partial charge in [0.15, 0.2) is 0 Å². The molecule has 6 heteroatoms. The number of benzene rings is 1. The minimum Gasteiger partial charge on any atom is -0.478 e. The molecule has 106 valence electrons. The quantitative estimate of drug-likeness (QED) is 0.924. The molecule has 0 radical (unpaired) electrons. The van der Waals surface area contributed by atoms with Gasteiger partial charge in [-0.1, -0.05) is 12.1 Å². The first-order valence-electron chi connectivity index (χ1n) is 6.16. The Bertz CT molecular complexity index is 614. The van der Waals surface area contributed by atoms with E-state index in [-0.39, 0.29) is 23.7 Å². The summed E-state index contributed by atoms with van der Waals surface area (Å²) in [6.07, 6.45) is 0. The lowest BCUT2D eigenvalue weighted by atomic mass is 10.1. The van der Waals surface area contributed by atoms with Gasteiger partial charge in [-0.25, -0.2) is 4.79 Å². The first kappa shape index (κ1) is 14.2. The largest absolute Gasteiger partial charge is 0.478 e. The van der Waals surface area contributed by atoms with Crippen LogP contribution in [0.15, 0.2) is 28.7 Å². The fourth-order valence-corrected chi connectivity index (χ4v) is 1.56. The Kier molecular flexibility index (Phi) is 3.85. The average molecular weight is 276 g/mol. The molecular weight excluding hydrogens is 260 g/mol. The zero-order valence-electron chi connectivity index (χ0n) is 11.6. The van der Waals surface area contributed by atoms with E-state index < -0.39 is 5.97 Å². The molecule has 1 heterocycles. The lowest BCUT2D eigenvalue weighted by Gasteiger charge is -2.17. The average Bonchev–Trinajstić information content (AvgIpc) is 2.84. The molecule has 0 spiro atoms. The van der Waals surface area contributed by atoms with Crippen molar-refractivity contribution in [2.75, 3.05) is 0 Å². The minimum absolute atomic E-state index is 0.124. The number of rotatable bonds is 4. The molecule has 0 aliphatic carbocycles. The Balaban J connectivity index is 2.23. The first-order valence-corrected chi connectivity index (χ1v) is 6.16. The van der Waals surface area contributed by atoms with Crippen LogP contribution in [-0.4, -0.2) is 26.9 Å². The highest BCUT2D eigenvalue weighted by molar-refractivity contribution is 5.94. The highest BCUT2D eigenvalue weighted by atomic mass is 16.5. The minimum atomic E-state index is -1.04. The van der Waals surface area contributed by atoms with E-state index in [4.69, 9.17) is 14.3 Å². The number of ether oxygens (including phenoxy) is 1. The van der Waals surface area contributed by atoms with E-state index >= 15 is 0 Å². The van der Waals surface area contributed by atoms with Gasteiger partial charge in [-0.2, -0.15) is 0 Å². The molecule has 0 bridgehead atoms. The summed E-state index contributed by atoms with van der Waals surface area (Å²) in [4.78, 5) is 11.1. The van der Waals surface area contributed by atoms with Crippen LogP contribution in [-0.2, 0) is 11.3 Å². The van der Waals surface area contributed by atoms with Crippen LogP contribution in [0, 0.1) is 0 Å². The van der Waals surface area contributed by atoms with Crippen molar-refractivity contribution in [2.24, 2.45) is 0 Å². The highest BCUT2D eigenvalue weighted by Gasteiger charge is 2.18. The van der Waals surface area contributed by atoms with E-state index in [0.717, 1.165) is 0 Å². The van der Waals surface area contributed by atoms with Gasteiger partial charge in [0.25, 0.3) is 0 Å². The van der Waals surface area contributed by atoms with Crippen molar-refractivity contribution in [1.29, 1.82) is 0 Å². The van der Waals surface area contributed by atoms with E-state index in [1.54, 1.807) is 18.2 Å². The molecule has 2 aromatic rings. The number of hydrogen-bond donors (Lipinski definition) is 1. The first-order chi connectivity index (χ1) is 9.37. The van der Waals surface area contributed by atoms with E-state index in [1.807, 2.05) is 20.8 Å². The highest BCUT2D eigenvalue weighted by Crippen LogP contribution is 2.23. The van der Waals surface area contributed by atoms with Gasteiger partial charge < -0.3 is 14.3 Å². The third-order valence-electron chi connectivity index (χ3n) is 2.48. The second-order valence-corrected chi connectivity index (χ2v) is 5.25. The zero-order chi connectivity index (χ0) is 14.8. The van der Waals surface area contributed by atoms with Gasteiger partial charge in [0.1, 0.15) is 6.61 Å². The van der Waals surface area contributed by atoms with Gasteiger partial charge in [-0.05, 0) is 32.9 Å². The van der Waals surface area contributed by atoms with E-state index in [2.05, 4.69) is 10.2 Å². The fraction of sp³-hybridized carbons (Fsp3) is 0.357. The van der Waals surface area contributed by atoms with Crippen LogP contribution in [0.25, 0.3) is 11.5 Å². The van der Waals surface area contributed by atoms with Crippen molar-refractivity contribution in [3.05, 3.63) is 35.7 Å². The standard InChI is InChI=1S/C14H16N2O4/c1-14(2,3)19-8-11-15-16-12(20-11)9-6-4-5-7-10(9)13(17)18/h4-7H,8H2,1-3H3,(H,17,18). The third-order valence-corrected chi connectivity index (χ3v) is 2.48. The maximum atomic E-state index is 11.1. The molecule has 0 atom stereocenters. The van der Waals surface area contributed by atoms with Crippen molar-refractivity contribution in [2.45, 2.75) is 33.0 Å². The number of aromatic carboxylic acids is 1. The molecule has 1 N–H and O–H groups in total. The molecule has 0 unspecified atom stereocenters. The summed E-state index contributed by atoms with van der Waals surface area (Å²) in [6, 6.07) is 6.49. The number of carboxylic acids is 1. The summed E-state index contributed by atoms with van der Waals surface area (Å²) in [6.45, 7) is 5.95. The SMILES string of the molecule is CC(C)(C)OCc1nnc(-c2ccccc2C(=O)O)o1. The Hall–Kier alpha value is -2.21. The Morgan fingerprint density at radius 1 is 1.30 bits per heavy atom. The Morgan fingerprint density at radius 3 is 2.65 bits per heavy atom. The normalized spacial score (nSPS) is 11.6. The Morgan fingerprint density at radius 2 is 2.00 bits per heavy atom. The van der Waals surface area contributed by atoms with Crippen molar-refractivity contribution < 1.29 is 19.1 Å². The van der Waals surface area contributed by atoms with Crippen molar-refractivity contribution in [3.8, 4) is 11.5 Å². The van der Waals surface area contributed by atoms with E-state index in [0.29, 0.717) is 11.5 Å². The summed E-state index contributed by atoms with van der Waals surface area (Å²) in [5.74, 6) is -0.545. The topological polar surface area (TPSA) is 85.5 Å². The predicted octanol–water partition coefficient (Wildman–Crippen LogP) is 2.75. The summed E-state index contributed by atoms with van der Waals surface area (Å²) in [5.41, 5.74) is 0.210. The van der Waals surface area contributed by atoms with Gasteiger partial charge in [0.2, 0.25) is 11.8 Å². The second-order valence-electron chi connectivity index (χ2n) is 5.25. The van der Waals surface area contributed by atoms with Gasteiger partial charge in [-0.15, -0.1) is 10.2 Å². The number of carbonyl (C=O) groups is 1. The lowest BCUT2D eigenvalue weighted by molar-refractivity contribution is -0.0242. The van der Waals surface area contributed by atoms with Gasteiger partial charge >= 0.3 is 5.97 Å². The second kappa shape index (κ2) is 5.42. The van der Waals surface area contributed by atoms with Crippen molar-refractivity contribution in [1.82, 2.24) is 10.2 Å². The van der Waals surface area contributed by atoms with Gasteiger partial charge in [-0.3, -0.25) is 0 Å². The number of carboxylic acid groups (broad SMARTS) is 1. The maximum Gasteiger partial charge on any atom is 0.336 e. The molecule has 20 heavy (non-hydrogen) atoms. The molecule has 0 amide bonds. The van der Waals surface area contributed by atoms with Crippen LogP contribution < -0.4 is 0 Å². The Labute approximate surface area is 116 Å². The molecule has 0 aliphatic heterocycles. The van der Waals surface area contributed by atoms with Gasteiger partial charge in [0, 0.05) is 0 Å². The molecule has 0 aliphatic rings. The monoisotopic (exact) mass is 276 g/mol. The lowest BCUT2D eigenvalue weighted by Crippen LogP contribution is -2.18. The number of nitrogens with zero attached hydrogens (tertiary/aromatic N) is 2. The van der Waals surface area contributed by atoms with E-state index in [9.17, 15) is 4.79 Å². The smallest absolute Gasteiger partial charge is 0.336 e. The fourth-order valence-electron chi connectivity index (χ4n) is 1.56. The van der Waals surface area contributed by atoms with Gasteiger partial charge in [0.05, 0.1) is 16.7 Å².